The zero-order chi connectivity index (χ0) is 50.7. The van der Waals surface area contributed by atoms with Crippen LogP contribution in [0.2, 0.25) is 0 Å². The Bertz CT molecular complexity index is 1310. The van der Waals surface area contributed by atoms with Crippen LogP contribution < -0.4 is 0 Å². The number of unbranched alkanes of at least 4 members (excludes halogenated alkanes) is 31. The first-order chi connectivity index (χ1) is 34.5. The highest BCUT2D eigenvalue weighted by Crippen LogP contribution is 2.15. The number of carbonyl (C=O) groups is 3. The van der Waals surface area contributed by atoms with Crippen LogP contribution in [0.25, 0.3) is 0 Å². The molecule has 0 aromatic carbocycles. The lowest BCUT2D eigenvalue weighted by atomic mass is 10.1. The molecule has 0 N–H and O–H groups in total. The third-order valence-electron chi connectivity index (χ3n) is 12.9. The fourth-order valence-corrected chi connectivity index (χ4v) is 8.36. The van der Waals surface area contributed by atoms with Gasteiger partial charge in [0, 0.05) is 19.3 Å². The topological polar surface area (TPSA) is 78.9 Å². The number of allylic oxidation sites excluding steroid dienone is 12. The van der Waals surface area contributed by atoms with Crippen LogP contribution in [0.15, 0.2) is 72.9 Å². The summed E-state index contributed by atoms with van der Waals surface area (Å²) in [5.41, 5.74) is 0. The molecule has 0 aliphatic rings. The zero-order valence-corrected chi connectivity index (χ0v) is 46.3. The van der Waals surface area contributed by atoms with Gasteiger partial charge in [-0.15, -0.1) is 0 Å². The van der Waals surface area contributed by atoms with E-state index in [-0.39, 0.29) is 31.1 Å². The standard InChI is InChI=1S/C64H112O6/c1-4-7-10-13-16-19-22-25-28-31-32-34-36-39-42-45-48-51-54-57-63(66)69-60-61(59-68-62(65)56-53-50-47-44-41-38-35-30-27-24-21-18-15-12-9-6-3)70-64(67)58-55-52-49-46-43-40-37-33-29-26-23-20-17-14-11-8-5-2/h16,19,25-26,28-30,32,34-35,39,42,61H,4-15,17-18,20-24,27,31,33,36-38,40-41,43-60H2,1-3H3/b19-16-,28-25-,29-26-,34-32-,35-30-,42-39-/t61-/m1/s1. The molecule has 0 radical (unpaired) electrons. The minimum Gasteiger partial charge on any atom is -0.462 e. The molecule has 0 fully saturated rings. The number of hydrogen-bond donors (Lipinski definition) is 0. The van der Waals surface area contributed by atoms with E-state index in [1.165, 1.54) is 167 Å². The molecule has 0 heterocycles. The van der Waals surface area contributed by atoms with Crippen molar-refractivity contribution in [2.75, 3.05) is 13.2 Å². The largest absolute Gasteiger partial charge is 0.462 e. The molecule has 0 amide bonds. The average Bonchev–Trinajstić information content (AvgIpc) is 3.36. The Morgan fingerprint density at radius 1 is 0.286 bits per heavy atom. The van der Waals surface area contributed by atoms with Crippen LogP contribution in [0.1, 0.15) is 297 Å². The van der Waals surface area contributed by atoms with Crippen LogP contribution in [0.4, 0.5) is 0 Å². The molecule has 0 aliphatic carbocycles. The maximum Gasteiger partial charge on any atom is 0.306 e. The van der Waals surface area contributed by atoms with Crippen molar-refractivity contribution >= 4 is 17.9 Å². The van der Waals surface area contributed by atoms with Crippen LogP contribution in [-0.2, 0) is 28.6 Å². The monoisotopic (exact) mass is 977 g/mol. The second kappa shape index (κ2) is 58.4. The summed E-state index contributed by atoms with van der Waals surface area (Å²) in [6.45, 7) is 6.59. The molecular formula is C64H112O6. The fourth-order valence-electron chi connectivity index (χ4n) is 8.36. The minimum atomic E-state index is -0.795. The third-order valence-corrected chi connectivity index (χ3v) is 12.9. The molecule has 70 heavy (non-hydrogen) atoms. The van der Waals surface area contributed by atoms with Gasteiger partial charge < -0.3 is 14.2 Å². The van der Waals surface area contributed by atoms with Gasteiger partial charge in [0.2, 0.25) is 0 Å². The van der Waals surface area contributed by atoms with E-state index in [9.17, 15) is 14.4 Å². The van der Waals surface area contributed by atoms with Crippen LogP contribution in [-0.4, -0.2) is 37.2 Å². The van der Waals surface area contributed by atoms with Crippen molar-refractivity contribution in [3.05, 3.63) is 72.9 Å². The average molecular weight is 978 g/mol. The molecular weight excluding hydrogens is 865 g/mol. The first-order valence-corrected chi connectivity index (χ1v) is 29.9. The van der Waals surface area contributed by atoms with Crippen molar-refractivity contribution in [2.24, 2.45) is 0 Å². The first kappa shape index (κ1) is 66.9. The molecule has 0 rings (SSSR count). The Labute approximate surface area is 433 Å². The van der Waals surface area contributed by atoms with Gasteiger partial charge >= 0.3 is 17.9 Å². The lowest BCUT2D eigenvalue weighted by Crippen LogP contribution is -2.30. The summed E-state index contributed by atoms with van der Waals surface area (Å²) in [6.07, 6.45) is 74.6. The lowest BCUT2D eigenvalue weighted by Gasteiger charge is -2.18. The van der Waals surface area contributed by atoms with Crippen molar-refractivity contribution in [1.29, 1.82) is 0 Å². The Morgan fingerprint density at radius 2 is 0.514 bits per heavy atom. The molecule has 0 saturated heterocycles. The van der Waals surface area contributed by atoms with E-state index in [0.717, 1.165) is 89.9 Å². The number of carbonyl (C=O) groups excluding carboxylic acids is 3. The summed E-state index contributed by atoms with van der Waals surface area (Å²) in [6, 6.07) is 0. The molecule has 0 aliphatic heterocycles. The Hall–Kier alpha value is -3.15. The highest BCUT2D eigenvalue weighted by atomic mass is 16.6. The summed E-state index contributed by atoms with van der Waals surface area (Å²) in [4.78, 5) is 38.2. The molecule has 0 aromatic heterocycles. The minimum absolute atomic E-state index is 0.0909. The van der Waals surface area contributed by atoms with Crippen molar-refractivity contribution < 1.29 is 28.6 Å². The fraction of sp³-hybridized carbons (Fsp3) is 0.766. The van der Waals surface area contributed by atoms with Gasteiger partial charge in [-0.1, -0.05) is 235 Å². The maximum absolute atomic E-state index is 12.9. The van der Waals surface area contributed by atoms with Gasteiger partial charge in [-0.05, 0) is 116 Å². The van der Waals surface area contributed by atoms with Gasteiger partial charge in [-0.2, -0.15) is 0 Å². The van der Waals surface area contributed by atoms with Gasteiger partial charge in [0.15, 0.2) is 6.10 Å². The molecule has 6 heteroatoms. The number of esters is 3. The second-order valence-corrected chi connectivity index (χ2v) is 19.9. The summed E-state index contributed by atoms with van der Waals surface area (Å²) in [5, 5.41) is 0. The molecule has 404 valence electrons. The quantitative estimate of drug-likeness (QED) is 0.0261. The third kappa shape index (κ3) is 55.8. The summed E-state index contributed by atoms with van der Waals surface area (Å²) in [5.74, 6) is -0.925. The first-order valence-electron chi connectivity index (χ1n) is 29.9. The molecule has 0 saturated carbocycles. The van der Waals surface area contributed by atoms with Gasteiger partial charge in [-0.25, -0.2) is 0 Å². The molecule has 0 bridgehead atoms. The van der Waals surface area contributed by atoms with Crippen LogP contribution in [0.3, 0.4) is 0 Å². The van der Waals surface area contributed by atoms with Crippen LogP contribution >= 0.6 is 0 Å². The molecule has 0 spiro atoms. The smallest absolute Gasteiger partial charge is 0.306 e. The second-order valence-electron chi connectivity index (χ2n) is 19.9. The normalized spacial score (nSPS) is 12.6. The van der Waals surface area contributed by atoms with Gasteiger partial charge in [0.25, 0.3) is 0 Å². The van der Waals surface area contributed by atoms with Gasteiger partial charge in [0.05, 0.1) is 0 Å². The summed E-state index contributed by atoms with van der Waals surface area (Å²) < 4.78 is 16.9. The van der Waals surface area contributed by atoms with E-state index < -0.39 is 6.10 Å². The van der Waals surface area contributed by atoms with E-state index in [2.05, 4.69) is 93.7 Å². The van der Waals surface area contributed by atoms with Gasteiger partial charge in [0.1, 0.15) is 13.2 Å². The zero-order valence-electron chi connectivity index (χ0n) is 46.3. The predicted molar refractivity (Wildman–Crippen MR) is 302 cm³/mol. The molecule has 6 nitrogen and oxygen atoms in total. The number of ether oxygens (including phenoxy) is 3. The molecule has 0 unspecified atom stereocenters. The highest BCUT2D eigenvalue weighted by Gasteiger charge is 2.19. The van der Waals surface area contributed by atoms with E-state index in [1.54, 1.807) is 0 Å². The van der Waals surface area contributed by atoms with Crippen molar-refractivity contribution in [1.82, 2.24) is 0 Å². The number of hydrogen-bond acceptors (Lipinski definition) is 6. The molecule has 1 atom stereocenters. The predicted octanol–water partition coefficient (Wildman–Crippen LogP) is 20.2. The van der Waals surface area contributed by atoms with Crippen LogP contribution in [0, 0.1) is 0 Å². The maximum atomic E-state index is 12.9. The van der Waals surface area contributed by atoms with E-state index in [4.69, 9.17) is 14.2 Å². The lowest BCUT2D eigenvalue weighted by molar-refractivity contribution is -0.167. The van der Waals surface area contributed by atoms with Gasteiger partial charge in [-0.3, -0.25) is 14.4 Å². The van der Waals surface area contributed by atoms with E-state index in [0.29, 0.717) is 19.3 Å². The summed E-state index contributed by atoms with van der Waals surface area (Å²) >= 11 is 0. The highest BCUT2D eigenvalue weighted by molar-refractivity contribution is 5.71. The van der Waals surface area contributed by atoms with E-state index >= 15 is 0 Å². The SMILES string of the molecule is CCCCC/C=C\C/C=C\C/C=C\C/C=C\CCCCCC(=O)OC[C@@H](COC(=O)CCCCCCC/C=C\CCCCCCCCC)OC(=O)CCCCCCCCC/C=C\CCCCCCCC. The summed E-state index contributed by atoms with van der Waals surface area (Å²) in [7, 11) is 0. The Balaban J connectivity index is 4.45. The number of rotatable bonds is 54. The van der Waals surface area contributed by atoms with Crippen molar-refractivity contribution in [3.8, 4) is 0 Å². The van der Waals surface area contributed by atoms with Crippen molar-refractivity contribution in [3.63, 3.8) is 0 Å². The molecule has 0 aromatic rings. The Morgan fingerprint density at radius 3 is 0.857 bits per heavy atom. The van der Waals surface area contributed by atoms with Crippen molar-refractivity contribution in [2.45, 2.75) is 303 Å². The Kier molecular flexibility index (Phi) is 55.8. The van der Waals surface area contributed by atoms with Crippen LogP contribution in [0.5, 0.6) is 0 Å². The van der Waals surface area contributed by atoms with E-state index in [1.807, 2.05) is 0 Å².